The van der Waals surface area contributed by atoms with Gasteiger partial charge in [-0.05, 0) is 71.7 Å². The number of benzene rings is 2. The normalized spacial score (nSPS) is 19.5. The quantitative estimate of drug-likeness (QED) is 0.129. The summed E-state index contributed by atoms with van der Waals surface area (Å²) in [6.45, 7) is 7.77. The van der Waals surface area contributed by atoms with Crippen LogP contribution in [-0.4, -0.2) is 47.5 Å². The molecule has 2 aromatic carbocycles. The number of halogens is 3. The highest BCUT2D eigenvalue weighted by atomic mass is 19.2. The van der Waals surface area contributed by atoms with Crippen molar-refractivity contribution in [3.63, 3.8) is 0 Å². The monoisotopic (exact) mass is 588 g/mol. The van der Waals surface area contributed by atoms with Crippen LogP contribution in [0.3, 0.4) is 0 Å². The highest BCUT2D eigenvalue weighted by Crippen LogP contribution is 2.52. The third-order valence-electron chi connectivity index (χ3n) is 9.24. The van der Waals surface area contributed by atoms with Gasteiger partial charge in [0.1, 0.15) is 30.2 Å². The van der Waals surface area contributed by atoms with Crippen molar-refractivity contribution in [2.24, 2.45) is 5.11 Å². The first-order valence-corrected chi connectivity index (χ1v) is 14.8. The molecule has 2 aromatic rings. The van der Waals surface area contributed by atoms with Crippen LogP contribution in [0, 0.1) is 17.5 Å². The SMILES string of the molecule is CC1(C)C2=CC(=[N+]3CCCCC3)C=CC2=C(c2c(F)c(N=[N+]=[N-])c(F)c(F)c2C(=O)O)c2ccc(N3CCCCC3)cc21. The summed E-state index contributed by atoms with van der Waals surface area (Å²) in [5.41, 5.74) is 10.2. The zero-order valence-electron chi connectivity index (χ0n) is 24.3. The van der Waals surface area contributed by atoms with E-state index < -0.39 is 45.7 Å². The standard InChI is InChI=1S/C33H32F3N5O2/c1-33(2)23-17-19(40-13-5-3-6-14-40)9-11-21(23)25(22-12-10-20(18-24(22)33)41-15-7-4-8-16-41)26-27(32(42)43)28(34)30(36)31(29(26)35)38-39-37/h9-12,17-18H,3-8,13-16H2,1-2H3/p+1. The van der Waals surface area contributed by atoms with E-state index in [0.717, 1.165) is 74.4 Å². The van der Waals surface area contributed by atoms with Crippen molar-refractivity contribution in [3.05, 3.63) is 97.7 Å². The summed E-state index contributed by atoms with van der Waals surface area (Å²) in [5, 5.41) is 13.2. The summed E-state index contributed by atoms with van der Waals surface area (Å²) in [7, 11) is 0. The molecule has 0 saturated carbocycles. The Morgan fingerprint density at radius 2 is 1.70 bits per heavy atom. The number of aromatic carboxylic acids is 1. The third-order valence-corrected chi connectivity index (χ3v) is 9.24. The van der Waals surface area contributed by atoms with E-state index in [1.54, 1.807) is 0 Å². The summed E-state index contributed by atoms with van der Waals surface area (Å²) in [5.74, 6) is -6.86. The number of piperidine rings is 2. The summed E-state index contributed by atoms with van der Waals surface area (Å²) in [6.07, 6.45) is 12.4. The van der Waals surface area contributed by atoms with Crippen LogP contribution in [0.4, 0.5) is 24.5 Å². The van der Waals surface area contributed by atoms with E-state index in [4.69, 9.17) is 5.53 Å². The number of carboxylic acids is 1. The van der Waals surface area contributed by atoms with Crippen molar-refractivity contribution in [1.29, 1.82) is 0 Å². The first-order chi connectivity index (χ1) is 20.6. The molecular weight excluding hydrogens is 555 g/mol. The molecule has 10 heteroatoms. The van der Waals surface area contributed by atoms with Crippen molar-refractivity contribution >= 4 is 28.6 Å². The van der Waals surface area contributed by atoms with Crippen LogP contribution in [0.2, 0.25) is 0 Å². The molecule has 2 heterocycles. The maximum Gasteiger partial charge on any atom is 0.339 e. The first-order valence-electron chi connectivity index (χ1n) is 14.8. The van der Waals surface area contributed by atoms with Gasteiger partial charge in [-0.15, -0.1) is 0 Å². The number of fused-ring (bicyclic) bond motifs is 2. The topological polar surface area (TPSA) is 92.3 Å². The molecule has 2 aliphatic carbocycles. The zero-order chi connectivity index (χ0) is 30.5. The molecule has 4 aliphatic rings. The predicted octanol–water partition coefficient (Wildman–Crippen LogP) is 7.96. The van der Waals surface area contributed by atoms with Gasteiger partial charge in [-0.25, -0.2) is 22.5 Å². The van der Waals surface area contributed by atoms with Crippen molar-refractivity contribution in [2.45, 2.75) is 57.8 Å². The first kappa shape index (κ1) is 28.8. The van der Waals surface area contributed by atoms with Crippen molar-refractivity contribution in [2.75, 3.05) is 31.1 Å². The van der Waals surface area contributed by atoms with Gasteiger partial charge in [0, 0.05) is 65.2 Å². The van der Waals surface area contributed by atoms with Crippen molar-refractivity contribution in [3.8, 4) is 0 Å². The fourth-order valence-electron chi connectivity index (χ4n) is 7.01. The van der Waals surface area contributed by atoms with E-state index >= 15 is 8.78 Å². The minimum Gasteiger partial charge on any atom is -0.478 e. The Morgan fingerprint density at radius 3 is 2.37 bits per heavy atom. The van der Waals surface area contributed by atoms with Gasteiger partial charge in [0.2, 0.25) is 0 Å². The number of nitrogens with zero attached hydrogens (tertiary/aromatic N) is 5. The molecule has 6 rings (SSSR count). The van der Waals surface area contributed by atoms with Gasteiger partial charge < -0.3 is 10.0 Å². The maximum absolute atomic E-state index is 16.3. The van der Waals surface area contributed by atoms with E-state index in [9.17, 15) is 14.3 Å². The fourth-order valence-corrected chi connectivity index (χ4v) is 7.01. The Bertz CT molecular complexity index is 1720. The molecule has 0 unspecified atom stereocenters. The molecule has 7 nitrogen and oxygen atoms in total. The van der Waals surface area contributed by atoms with Crippen LogP contribution < -0.4 is 4.90 Å². The molecular formula is C33H33F3N5O2+. The van der Waals surface area contributed by atoms with Crippen molar-refractivity contribution < 1.29 is 27.6 Å². The number of carboxylic acid groups (broad SMARTS) is 1. The molecule has 0 radical (unpaired) electrons. The van der Waals surface area contributed by atoms with Gasteiger partial charge in [-0.3, -0.25) is 0 Å². The molecule has 0 atom stereocenters. The smallest absolute Gasteiger partial charge is 0.339 e. The zero-order valence-corrected chi connectivity index (χ0v) is 24.3. The highest BCUT2D eigenvalue weighted by molar-refractivity contribution is 6.08. The average molecular weight is 589 g/mol. The molecule has 0 spiro atoms. The van der Waals surface area contributed by atoms with E-state index in [-0.39, 0.29) is 5.57 Å². The summed E-state index contributed by atoms with van der Waals surface area (Å²) in [6, 6.07) is 5.79. The van der Waals surface area contributed by atoms with Crippen LogP contribution in [-0.2, 0) is 5.41 Å². The third kappa shape index (κ3) is 4.74. The van der Waals surface area contributed by atoms with Crippen LogP contribution >= 0.6 is 0 Å². The van der Waals surface area contributed by atoms with Gasteiger partial charge in [0.25, 0.3) is 0 Å². The minimum absolute atomic E-state index is 0.128. The van der Waals surface area contributed by atoms with E-state index in [1.807, 2.05) is 24.3 Å². The van der Waals surface area contributed by atoms with E-state index in [2.05, 4.69) is 45.5 Å². The Morgan fingerprint density at radius 1 is 1.00 bits per heavy atom. The largest absolute Gasteiger partial charge is 0.478 e. The molecule has 1 N–H and O–H groups in total. The van der Waals surface area contributed by atoms with Crippen LogP contribution in [0.15, 0.2) is 52.7 Å². The molecule has 2 aliphatic heterocycles. The Kier molecular flexibility index (Phi) is 7.42. The van der Waals surface area contributed by atoms with Gasteiger partial charge in [-0.2, -0.15) is 0 Å². The number of rotatable bonds is 4. The molecule has 222 valence electrons. The highest BCUT2D eigenvalue weighted by Gasteiger charge is 2.42. The lowest BCUT2D eigenvalue weighted by Gasteiger charge is -2.40. The van der Waals surface area contributed by atoms with Crippen LogP contribution in [0.25, 0.3) is 16.0 Å². The second-order valence-electron chi connectivity index (χ2n) is 12.1. The molecule has 0 bridgehead atoms. The second-order valence-corrected chi connectivity index (χ2v) is 12.1. The van der Waals surface area contributed by atoms with E-state index in [0.29, 0.717) is 11.1 Å². The number of azide groups is 1. The van der Waals surface area contributed by atoms with Crippen LogP contribution in [0.5, 0.6) is 0 Å². The molecule has 0 aromatic heterocycles. The number of carbonyl (C=O) groups is 1. The number of allylic oxidation sites excluding steroid dienone is 5. The maximum atomic E-state index is 16.3. The number of hydrogen-bond donors (Lipinski definition) is 1. The minimum atomic E-state index is -1.84. The second kappa shape index (κ2) is 11.1. The summed E-state index contributed by atoms with van der Waals surface area (Å²) in [4.78, 5) is 17.2. The van der Waals surface area contributed by atoms with Gasteiger partial charge in [0.05, 0.1) is 0 Å². The molecule has 43 heavy (non-hydrogen) atoms. The predicted molar refractivity (Wildman–Crippen MR) is 160 cm³/mol. The van der Waals surface area contributed by atoms with Crippen molar-refractivity contribution in [1.82, 2.24) is 0 Å². The lowest BCUT2D eigenvalue weighted by atomic mass is 9.64. The lowest BCUT2D eigenvalue weighted by molar-refractivity contribution is -0.535. The summed E-state index contributed by atoms with van der Waals surface area (Å²) < 4.78 is 48.9. The van der Waals surface area contributed by atoms with Gasteiger partial charge in [-0.1, -0.05) is 25.0 Å². The fraction of sp³-hybridized carbons (Fsp3) is 0.394. The Labute approximate surface area is 248 Å². The Hall–Kier alpha value is -4.30. The molecule has 0 amide bonds. The van der Waals surface area contributed by atoms with Crippen LogP contribution in [0.1, 0.15) is 79.4 Å². The lowest BCUT2D eigenvalue weighted by Crippen LogP contribution is -2.33. The Balaban J connectivity index is 1.70. The molecule has 2 saturated heterocycles. The molecule has 2 fully saturated rings. The number of anilines is 1. The van der Waals surface area contributed by atoms with Gasteiger partial charge >= 0.3 is 5.97 Å². The van der Waals surface area contributed by atoms with E-state index in [1.165, 1.54) is 12.8 Å². The number of hydrogen-bond acceptors (Lipinski definition) is 3. The summed E-state index contributed by atoms with van der Waals surface area (Å²) >= 11 is 0. The van der Waals surface area contributed by atoms with Gasteiger partial charge in [0.15, 0.2) is 17.3 Å². The average Bonchev–Trinajstić information content (AvgIpc) is 3.02.